The van der Waals surface area contributed by atoms with Crippen LogP contribution in [-0.4, -0.2) is 5.71 Å². The second-order valence-electron chi connectivity index (χ2n) is 16.1. The molecule has 0 radical (unpaired) electrons. The summed E-state index contributed by atoms with van der Waals surface area (Å²) in [4.78, 5) is 5.81. The van der Waals surface area contributed by atoms with Gasteiger partial charge in [0, 0.05) is 34.4 Å². The quantitative estimate of drug-likeness (QED) is 0.155. The Morgan fingerprint density at radius 3 is 2.00 bits per heavy atom. The van der Waals surface area contributed by atoms with Crippen molar-refractivity contribution >= 4 is 65.5 Å². The summed E-state index contributed by atoms with van der Waals surface area (Å²) in [6, 6.07) is 68.5. The predicted molar refractivity (Wildman–Crippen MR) is 250 cm³/mol. The van der Waals surface area contributed by atoms with E-state index in [1.54, 1.807) is 0 Å². The van der Waals surface area contributed by atoms with Crippen LogP contribution in [-0.2, 0) is 0 Å². The van der Waals surface area contributed by atoms with Crippen LogP contribution in [0, 0.1) is 5.92 Å². The largest absolute Gasteiger partial charge is 0.456 e. The molecular formula is C57H43NO. The molecule has 9 aromatic carbocycles. The average molecular weight is 758 g/mol. The van der Waals surface area contributed by atoms with Crippen molar-refractivity contribution in [3.05, 3.63) is 210 Å². The van der Waals surface area contributed by atoms with Crippen molar-refractivity contribution < 1.29 is 4.42 Å². The van der Waals surface area contributed by atoms with E-state index in [1.807, 2.05) is 0 Å². The van der Waals surface area contributed by atoms with Crippen LogP contribution in [0.1, 0.15) is 49.4 Å². The van der Waals surface area contributed by atoms with Gasteiger partial charge in [0.25, 0.3) is 0 Å². The Morgan fingerprint density at radius 2 is 1.19 bits per heavy atom. The number of allylic oxidation sites excluding steroid dienone is 1. The van der Waals surface area contributed by atoms with E-state index in [-0.39, 0.29) is 12.0 Å². The summed E-state index contributed by atoms with van der Waals surface area (Å²) >= 11 is 0. The smallest absolute Gasteiger partial charge is 0.136 e. The number of nitrogens with zero attached hydrogens (tertiary/aromatic N) is 1. The molecule has 0 amide bonds. The lowest BCUT2D eigenvalue weighted by Gasteiger charge is -2.27. The van der Waals surface area contributed by atoms with E-state index in [1.165, 1.54) is 82.4 Å². The Morgan fingerprint density at radius 1 is 0.492 bits per heavy atom. The number of furan rings is 1. The van der Waals surface area contributed by atoms with Gasteiger partial charge in [-0.25, -0.2) is 0 Å². The summed E-state index contributed by atoms with van der Waals surface area (Å²) in [7, 11) is 0. The van der Waals surface area contributed by atoms with Crippen LogP contribution >= 0.6 is 0 Å². The molecule has 10 aromatic rings. The van der Waals surface area contributed by atoms with E-state index < -0.39 is 0 Å². The highest BCUT2D eigenvalue weighted by Gasteiger charge is 2.31. The van der Waals surface area contributed by atoms with Crippen LogP contribution in [0.15, 0.2) is 203 Å². The Labute approximate surface area is 344 Å². The molecule has 1 aliphatic heterocycles. The van der Waals surface area contributed by atoms with Gasteiger partial charge in [-0.2, -0.15) is 0 Å². The van der Waals surface area contributed by atoms with Gasteiger partial charge in [0.05, 0.1) is 6.04 Å². The average Bonchev–Trinajstić information content (AvgIpc) is 3.60. The lowest BCUT2D eigenvalue weighted by molar-refractivity contribution is 0.525. The number of aliphatic imine (C=N–C) groups is 1. The van der Waals surface area contributed by atoms with Crippen molar-refractivity contribution in [3.63, 3.8) is 0 Å². The third-order valence-electron chi connectivity index (χ3n) is 12.7. The molecule has 0 saturated carbocycles. The minimum absolute atomic E-state index is 0.0244. The van der Waals surface area contributed by atoms with Crippen LogP contribution in [0.5, 0.6) is 0 Å². The van der Waals surface area contributed by atoms with Gasteiger partial charge in [-0.15, -0.1) is 0 Å². The zero-order valence-electron chi connectivity index (χ0n) is 33.3. The van der Waals surface area contributed by atoms with Gasteiger partial charge in [-0.3, -0.25) is 4.99 Å². The van der Waals surface area contributed by atoms with Crippen LogP contribution in [0.2, 0.25) is 0 Å². The van der Waals surface area contributed by atoms with E-state index in [2.05, 4.69) is 202 Å². The van der Waals surface area contributed by atoms with E-state index in [0.29, 0.717) is 0 Å². The fourth-order valence-electron chi connectivity index (χ4n) is 9.89. The predicted octanol–water partition coefficient (Wildman–Crippen LogP) is 15.8. The lowest BCUT2D eigenvalue weighted by atomic mass is 9.79. The van der Waals surface area contributed by atoms with Crippen molar-refractivity contribution in [2.75, 3.05) is 0 Å². The molecule has 2 unspecified atom stereocenters. The SMILES string of the molecule is CCC1C(c2ccc3ccc(-c4cccc5oc6ccc(-c7ccccc7)cc6c45)cc3c2)=C(C)CC(c2cc3ccccc3c3ccccc23)=NC1c1ccccc1. The molecule has 2 heterocycles. The van der Waals surface area contributed by atoms with E-state index in [4.69, 9.17) is 9.41 Å². The molecule has 0 N–H and O–H groups in total. The van der Waals surface area contributed by atoms with Gasteiger partial charge in [0.1, 0.15) is 11.2 Å². The number of rotatable bonds is 6. The second-order valence-corrected chi connectivity index (χ2v) is 16.1. The van der Waals surface area contributed by atoms with Gasteiger partial charge in [0.15, 0.2) is 0 Å². The van der Waals surface area contributed by atoms with E-state index in [9.17, 15) is 0 Å². The van der Waals surface area contributed by atoms with E-state index in [0.717, 1.165) is 40.5 Å². The van der Waals surface area contributed by atoms with Crippen molar-refractivity contribution in [1.82, 2.24) is 0 Å². The summed E-state index contributed by atoms with van der Waals surface area (Å²) < 4.78 is 6.45. The van der Waals surface area contributed by atoms with Gasteiger partial charge in [-0.1, -0.05) is 164 Å². The van der Waals surface area contributed by atoms with Crippen molar-refractivity contribution in [2.45, 2.75) is 32.7 Å². The van der Waals surface area contributed by atoms with Gasteiger partial charge < -0.3 is 4.42 Å². The number of hydrogen-bond acceptors (Lipinski definition) is 2. The molecule has 0 fully saturated rings. The highest BCUT2D eigenvalue weighted by atomic mass is 16.3. The first-order valence-corrected chi connectivity index (χ1v) is 20.9. The third kappa shape index (κ3) is 6.06. The maximum absolute atomic E-state index is 6.45. The summed E-state index contributed by atoms with van der Waals surface area (Å²) in [6.07, 6.45) is 1.76. The molecule has 2 heteroatoms. The highest BCUT2D eigenvalue weighted by molar-refractivity contribution is 6.20. The first-order valence-electron chi connectivity index (χ1n) is 20.9. The van der Waals surface area contributed by atoms with E-state index >= 15 is 0 Å². The zero-order valence-corrected chi connectivity index (χ0v) is 33.3. The van der Waals surface area contributed by atoms with Crippen LogP contribution in [0.4, 0.5) is 0 Å². The molecule has 1 aromatic heterocycles. The first-order chi connectivity index (χ1) is 29.1. The topological polar surface area (TPSA) is 25.5 Å². The normalized spacial score (nSPS) is 16.0. The molecule has 0 spiro atoms. The lowest BCUT2D eigenvalue weighted by Crippen LogP contribution is -2.13. The summed E-state index contributed by atoms with van der Waals surface area (Å²) in [5, 5.41) is 9.82. The molecule has 2 atom stereocenters. The van der Waals surface area contributed by atoms with Crippen LogP contribution in [0.25, 0.3) is 82.1 Å². The molecule has 0 saturated heterocycles. The minimum atomic E-state index is -0.0244. The zero-order chi connectivity index (χ0) is 39.5. The maximum atomic E-state index is 6.45. The van der Waals surface area contributed by atoms with Crippen molar-refractivity contribution in [3.8, 4) is 22.3 Å². The van der Waals surface area contributed by atoms with Gasteiger partial charge in [0.2, 0.25) is 0 Å². The number of fused-ring (bicyclic) bond motifs is 7. The standard InChI is InChI=1S/C57H43NO/c1-3-45-55(36(2)31-52(58-57(45)39-17-8-5-9-18-39)50-35-41-19-10-11-20-46(41)48-21-12-13-22-49(48)50)43-28-26-38-25-27-42(32-44(38)33-43)47-23-14-24-54-56(47)51-34-40(29-30-53(51)59-54)37-15-6-4-7-16-37/h4-30,32-35,45,57H,3,31H2,1-2H3. The molecule has 11 rings (SSSR count). The third-order valence-corrected chi connectivity index (χ3v) is 12.7. The fourth-order valence-corrected chi connectivity index (χ4v) is 9.89. The fraction of sp³-hybridized carbons (Fsp3) is 0.105. The Hall–Kier alpha value is -7.03. The number of benzene rings is 9. The molecule has 1 aliphatic rings. The molecule has 2 nitrogen and oxygen atoms in total. The summed E-state index contributed by atoms with van der Waals surface area (Å²) in [5.41, 5.74) is 14.3. The molecule has 0 bridgehead atoms. The van der Waals surface area contributed by atoms with Gasteiger partial charge >= 0.3 is 0 Å². The molecule has 282 valence electrons. The Balaban J connectivity index is 1.06. The second kappa shape index (κ2) is 14.4. The maximum Gasteiger partial charge on any atom is 0.136 e. The number of hydrogen-bond donors (Lipinski definition) is 0. The Kier molecular flexibility index (Phi) is 8.59. The Bertz CT molecular complexity index is 3300. The van der Waals surface area contributed by atoms with Crippen LogP contribution < -0.4 is 0 Å². The van der Waals surface area contributed by atoms with Crippen molar-refractivity contribution in [2.24, 2.45) is 10.9 Å². The molecular weight excluding hydrogens is 715 g/mol. The summed E-state index contributed by atoms with van der Waals surface area (Å²) in [5.74, 6) is 0.201. The monoisotopic (exact) mass is 757 g/mol. The summed E-state index contributed by atoms with van der Waals surface area (Å²) in [6.45, 7) is 4.68. The van der Waals surface area contributed by atoms with Crippen LogP contribution in [0.3, 0.4) is 0 Å². The highest BCUT2D eigenvalue weighted by Crippen LogP contribution is 2.46. The molecule has 59 heavy (non-hydrogen) atoms. The minimum Gasteiger partial charge on any atom is -0.456 e. The van der Waals surface area contributed by atoms with Gasteiger partial charge in [-0.05, 0) is 121 Å². The molecule has 0 aliphatic carbocycles. The first kappa shape index (κ1) is 35.2. The van der Waals surface area contributed by atoms with Crippen molar-refractivity contribution in [1.29, 1.82) is 0 Å².